The van der Waals surface area contributed by atoms with Crippen LogP contribution in [0.5, 0.6) is 0 Å². The van der Waals surface area contributed by atoms with Gasteiger partial charge in [-0.25, -0.2) is 9.18 Å². The molecule has 1 aromatic rings. The van der Waals surface area contributed by atoms with Gasteiger partial charge in [0.25, 0.3) is 11.6 Å². The Balaban J connectivity index is 2.36. The molecular formula is C13H13FN2O5. The highest BCUT2D eigenvalue weighted by Crippen LogP contribution is 2.23. The highest BCUT2D eigenvalue weighted by molar-refractivity contribution is 5.97. The Bertz CT molecular complexity index is 604. The van der Waals surface area contributed by atoms with Crippen molar-refractivity contribution in [2.75, 3.05) is 6.54 Å². The summed E-state index contributed by atoms with van der Waals surface area (Å²) in [6, 6.07) is 1.61. The Morgan fingerprint density at radius 3 is 2.71 bits per heavy atom. The first-order valence-electron chi connectivity index (χ1n) is 6.39. The van der Waals surface area contributed by atoms with E-state index in [4.69, 9.17) is 5.11 Å². The smallest absolute Gasteiger partial charge is 0.326 e. The molecule has 1 aromatic carbocycles. The van der Waals surface area contributed by atoms with Gasteiger partial charge in [-0.2, -0.15) is 0 Å². The highest BCUT2D eigenvalue weighted by atomic mass is 19.1. The first-order valence-corrected chi connectivity index (χ1v) is 6.39. The molecule has 1 N–H and O–H groups in total. The lowest BCUT2D eigenvalue weighted by molar-refractivity contribution is -0.384. The van der Waals surface area contributed by atoms with Gasteiger partial charge in [0.1, 0.15) is 11.9 Å². The maximum atomic E-state index is 13.7. The maximum absolute atomic E-state index is 13.7. The SMILES string of the molecule is O=C(O)C1CCCCN1C(=O)c1cc([N+](=O)[O-])ccc1F. The fourth-order valence-corrected chi connectivity index (χ4v) is 2.38. The van der Waals surface area contributed by atoms with E-state index in [2.05, 4.69) is 0 Å². The standard InChI is InChI=1S/C13H13FN2O5/c14-10-5-4-8(16(20)21)7-9(10)12(17)15-6-2-1-3-11(15)13(18)19/h4-5,7,11H,1-3,6H2,(H,18,19). The molecule has 1 atom stereocenters. The van der Waals surface area contributed by atoms with E-state index >= 15 is 0 Å². The van der Waals surface area contributed by atoms with Crippen LogP contribution in [0, 0.1) is 15.9 Å². The summed E-state index contributed by atoms with van der Waals surface area (Å²) in [5.74, 6) is -2.89. The molecule has 1 heterocycles. The van der Waals surface area contributed by atoms with Crippen molar-refractivity contribution in [2.24, 2.45) is 0 Å². The predicted octanol–water partition coefficient (Wildman–Crippen LogP) is 1.81. The Labute approximate surface area is 119 Å². The second-order valence-electron chi connectivity index (χ2n) is 4.77. The number of halogens is 1. The zero-order valence-corrected chi connectivity index (χ0v) is 11.0. The third-order valence-corrected chi connectivity index (χ3v) is 3.44. The summed E-state index contributed by atoms with van der Waals surface area (Å²) in [7, 11) is 0. The largest absolute Gasteiger partial charge is 0.480 e. The third-order valence-electron chi connectivity index (χ3n) is 3.44. The fourth-order valence-electron chi connectivity index (χ4n) is 2.38. The summed E-state index contributed by atoms with van der Waals surface area (Å²) in [6.07, 6.45) is 1.57. The predicted molar refractivity (Wildman–Crippen MR) is 69.4 cm³/mol. The molecule has 1 unspecified atom stereocenters. The second-order valence-corrected chi connectivity index (χ2v) is 4.77. The minimum atomic E-state index is -1.16. The molecule has 1 saturated heterocycles. The Hall–Kier alpha value is -2.51. The van der Waals surface area contributed by atoms with Crippen LogP contribution < -0.4 is 0 Å². The van der Waals surface area contributed by atoms with E-state index < -0.39 is 39.9 Å². The number of aliphatic carboxylic acids is 1. The Kier molecular flexibility index (Phi) is 4.15. The molecule has 8 heteroatoms. The molecule has 1 aliphatic rings. The molecule has 0 saturated carbocycles. The van der Waals surface area contributed by atoms with Gasteiger partial charge >= 0.3 is 5.97 Å². The van der Waals surface area contributed by atoms with Crippen LogP contribution in [-0.2, 0) is 4.79 Å². The Morgan fingerprint density at radius 2 is 2.10 bits per heavy atom. The average molecular weight is 296 g/mol. The highest BCUT2D eigenvalue weighted by Gasteiger charge is 2.34. The minimum absolute atomic E-state index is 0.192. The molecule has 0 aliphatic carbocycles. The number of carbonyl (C=O) groups excluding carboxylic acids is 1. The van der Waals surface area contributed by atoms with Gasteiger partial charge in [0.2, 0.25) is 0 Å². The zero-order chi connectivity index (χ0) is 15.6. The molecule has 1 fully saturated rings. The van der Waals surface area contributed by atoms with Crippen molar-refractivity contribution in [3.8, 4) is 0 Å². The molecule has 2 rings (SSSR count). The molecular weight excluding hydrogens is 283 g/mol. The van der Waals surface area contributed by atoms with Gasteiger partial charge in [0, 0.05) is 18.7 Å². The summed E-state index contributed by atoms with van der Waals surface area (Å²) in [6.45, 7) is 0.192. The van der Waals surface area contributed by atoms with E-state index in [1.807, 2.05) is 0 Å². The van der Waals surface area contributed by atoms with Crippen LogP contribution in [0.3, 0.4) is 0 Å². The van der Waals surface area contributed by atoms with Crippen molar-refractivity contribution in [1.82, 2.24) is 4.90 Å². The number of likely N-dealkylation sites (tertiary alicyclic amines) is 1. The number of nitrogens with zero attached hydrogens (tertiary/aromatic N) is 2. The van der Waals surface area contributed by atoms with Crippen LogP contribution in [0.2, 0.25) is 0 Å². The molecule has 7 nitrogen and oxygen atoms in total. The van der Waals surface area contributed by atoms with Crippen LogP contribution in [0.4, 0.5) is 10.1 Å². The normalized spacial score (nSPS) is 18.3. The fraction of sp³-hybridized carbons (Fsp3) is 0.385. The number of amides is 1. The summed E-state index contributed by atoms with van der Waals surface area (Å²) >= 11 is 0. The van der Waals surface area contributed by atoms with Crippen molar-refractivity contribution >= 4 is 17.6 Å². The number of piperidine rings is 1. The topological polar surface area (TPSA) is 101 Å². The number of rotatable bonds is 3. The minimum Gasteiger partial charge on any atom is -0.480 e. The lowest BCUT2D eigenvalue weighted by Crippen LogP contribution is -2.48. The molecule has 0 radical (unpaired) electrons. The first-order chi connectivity index (χ1) is 9.91. The van der Waals surface area contributed by atoms with Crippen molar-refractivity contribution in [2.45, 2.75) is 25.3 Å². The van der Waals surface area contributed by atoms with Crippen molar-refractivity contribution < 1.29 is 24.0 Å². The maximum Gasteiger partial charge on any atom is 0.326 e. The van der Waals surface area contributed by atoms with Crippen LogP contribution in [0.1, 0.15) is 29.6 Å². The number of hydrogen-bond acceptors (Lipinski definition) is 4. The quantitative estimate of drug-likeness (QED) is 0.677. The summed E-state index contributed by atoms with van der Waals surface area (Å²) < 4.78 is 13.7. The average Bonchev–Trinajstić information content (AvgIpc) is 2.46. The van der Waals surface area contributed by atoms with Crippen LogP contribution >= 0.6 is 0 Å². The number of carboxylic acids is 1. The molecule has 0 bridgehead atoms. The summed E-state index contributed by atoms with van der Waals surface area (Å²) in [4.78, 5) is 34.5. The third kappa shape index (κ3) is 2.99. The van der Waals surface area contributed by atoms with E-state index in [0.29, 0.717) is 12.8 Å². The number of nitro groups is 1. The van der Waals surface area contributed by atoms with Gasteiger partial charge in [-0.3, -0.25) is 14.9 Å². The van der Waals surface area contributed by atoms with E-state index in [-0.39, 0.29) is 13.0 Å². The van der Waals surface area contributed by atoms with E-state index in [1.165, 1.54) is 0 Å². The van der Waals surface area contributed by atoms with Crippen LogP contribution in [-0.4, -0.2) is 39.4 Å². The first kappa shape index (κ1) is 14.9. The van der Waals surface area contributed by atoms with Gasteiger partial charge in [-0.05, 0) is 25.3 Å². The van der Waals surface area contributed by atoms with Crippen LogP contribution in [0.25, 0.3) is 0 Å². The van der Waals surface area contributed by atoms with Gasteiger partial charge < -0.3 is 10.0 Å². The molecule has 112 valence electrons. The molecule has 1 amide bonds. The lowest BCUT2D eigenvalue weighted by atomic mass is 10.0. The van der Waals surface area contributed by atoms with Crippen LogP contribution in [0.15, 0.2) is 18.2 Å². The number of hydrogen-bond donors (Lipinski definition) is 1. The van der Waals surface area contributed by atoms with Gasteiger partial charge in [-0.1, -0.05) is 0 Å². The molecule has 1 aliphatic heterocycles. The van der Waals surface area contributed by atoms with Gasteiger partial charge in [0.05, 0.1) is 10.5 Å². The second kappa shape index (κ2) is 5.86. The molecule has 0 spiro atoms. The van der Waals surface area contributed by atoms with Crippen molar-refractivity contribution in [3.63, 3.8) is 0 Å². The van der Waals surface area contributed by atoms with E-state index in [1.54, 1.807) is 0 Å². The number of non-ortho nitro benzene ring substituents is 1. The lowest BCUT2D eigenvalue weighted by Gasteiger charge is -2.33. The monoisotopic (exact) mass is 296 g/mol. The number of nitro benzene ring substituents is 1. The zero-order valence-electron chi connectivity index (χ0n) is 11.0. The molecule has 0 aromatic heterocycles. The molecule has 21 heavy (non-hydrogen) atoms. The number of benzene rings is 1. The summed E-state index contributed by atoms with van der Waals surface area (Å²) in [5.41, 5.74) is -0.888. The van der Waals surface area contributed by atoms with Crippen molar-refractivity contribution in [3.05, 3.63) is 39.7 Å². The van der Waals surface area contributed by atoms with E-state index in [0.717, 1.165) is 23.1 Å². The van der Waals surface area contributed by atoms with Gasteiger partial charge in [-0.15, -0.1) is 0 Å². The number of carboxylic acid groups (broad SMARTS) is 1. The van der Waals surface area contributed by atoms with Crippen molar-refractivity contribution in [1.29, 1.82) is 0 Å². The van der Waals surface area contributed by atoms with E-state index in [9.17, 15) is 24.1 Å². The summed E-state index contributed by atoms with van der Waals surface area (Å²) in [5, 5.41) is 19.8. The Morgan fingerprint density at radius 1 is 1.38 bits per heavy atom. The number of carbonyl (C=O) groups is 2. The van der Waals surface area contributed by atoms with Gasteiger partial charge in [0.15, 0.2) is 0 Å².